The van der Waals surface area contributed by atoms with E-state index < -0.39 is 11.8 Å². The number of hydrogen-bond acceptors (Lipinski definition) is 5. The number of carbonyl (C=O) groups is 2. The number of nitriles is 1. The summed E-state index contributed by atoms with van der Waals surface area (Å²) in [7, 11) is 1.43. The molecule has 0 saturated carbocycles. The number of amides is 2. The van der Waals surface area contributed by atoms with E-state index in [-0.39, 0.29) is 0 Å². The molecular weight excluding hydrogens is 282 g/mol. The highest BCUT2D eigenvalue weighted by Crippen LogP contribution is 2.23. The van der Waals surface area contributed by atoms with Crippen molar-refractivity contribution in [3.05, 3.63) is 23.9 Å². The lowest BCUT2D eigenvalue weighted by molar-refractivity contribution is -0.139. The third-order valence-corrected chi connectivity index (χ3v) is 3.81. The van der Waals surface area contributed by atoms with Crippen LogP contribution < -0.4 is 15.5 Å². The van der Waals surface area contributed by atoms with E-state index in [9.17, 15) is 9.59 Å². The lowest BCUT2D eigenvalue weighted by Crippen LogP contribution is -2.43. The second-order valence-electron chi connectivity index (χ2n) is 5.21. The van der Waals surface area contributed by atoms with Crippen LogP contribution in [0.1, 0.15) is 18.4 Å². The minimum absolute atomic E-state index is 0.333. The standard InChI is InChI=1S/C15H19N5O2/c1-17-14(21)15(22)19-10-11-4-7-20(8-5-11)13-12(9-16)3-2-6-18-13/h2-3,6,11H,4-5,7-8,10H2,1H3,(H,17,21)(H,19,22). The fourth-order valence-corrected chi connectivity index (χ4v) is 2.52. The van der Waals surface area contributed by atoms with Crippen LogP contribution in [0.2, 0.25) is 0 Å². The first-order valence-electron chi connectivity index (χ1n) is 7.25. The molecule has 2 heterocycles. The van der Waals surface area contributed by atoms with E-state index in [1.807, 2.05) is 0 Å². The molecule has 0 atom stereocenters. The van der Waals surface area contributed by atoms with Gasteiger partial charge < -0.3 is 15.5 Å². The second-order valence-corrected chi connectivity index (χ2v) is 5.21. The lowest BCUT2D eigenvalue weighted by atomic mass is 9.96. The van der Waals surface area contributed by atoms with Gasteiger partial charge in [-0.3, -0.25) is 9.59 Å². The highest BCUT2D eigenvalue weighted by atomic mass is 16.2. The van der Waals surface area contributed by atoms with E-state index in [0.29, 0.717) is 18.0 Å². The van der Waals surface area contributed by atoms with Crippen molar-refractivity contribution in [1.29, 1.82) is 5.26 Å². The van der Waals surface area contributed by atoms with Gasteiger partial charge in [-0.15, -0.1) is 0 Å². The van der Waals surface area contributed by atoms with Gasteiger partial charge in [0.2, 0.25) is 0 Å². The fourth-order valence-electron chi connectivity index (χ4n) is 2.52. The first-order chi connectivity index (χ1) is 10.7. The SMILES string of the molecule is CNC(=O)C(=O)NCC1CCN(c2ncccc2C#N)CC1. The summed E-state index contributed by atoms with van der Waals surface area (Å²) in [6, 6.07) is 5.67. The van der Waals surface area contributed by atoms with E-state index in [2.05, 4.69) is 26.6 Å². The van der Waals surface area contributed by atoms with Gasteiger partial charge in [-0.05, 0) is 30.9 Å². The predicted molar refractivity (Wildman–Crippen MR) is 81.0 cm³/mol. The molecule has 1 aromatic heterocycles. The summed E-state index contributed by atoms with van der Waals surface area (Å²) in [5.41, 5.74) is 0.578. The van der Waals surface area contributed by atoms with E-state index in [1.54, 1.807) is 18.3 Å². The quantitative estimate of drug-likeness (QED) is 0.768. The molecular formula is C15H19N5O2. The molecule has 2 rings (SSSR count). The van der Waals surface area contributed by atoms with Crippen molar-refractivity contribution in [1.82, 2.24) is 15.6 Å². The highest BCUT2D eigenvalue weighted by molar-refractivity contribution is 6.34. The molecule has 2 N–H and O–H groups in total. The number of hydrogen-bond donors (Lipinski definition) is 2. The Balaban J connectivity index is 1.85. The second kappa shape index (κ2) is 7.41. The number of pyridine rings is 1. The average molecular weight is 301 g/mol. The van der Waals surface area contributed by atoms with Gasteiger partial charge in [-0.2, -0.15) is 5.26 Å². The topological polar surface area (TPSA) is 98.1 Å². The molecule has 22 heavy (non-hydrogen) atoms. The minimum atomic E-state index is -0.621. The van der Waals surface area contributed by atoms with Crippen LogP contribution in [0.4, 0.5) is 5.82 Å². The van der Waals surface area contributed by atoms with E-state index in [1.165, 1.54) is 7.05 Å². The van der Waals surface area contributed by atoms with Gasteiger partial charge in [-0.1, -0.05) is 0 Å². The first kappa shape index (κ1) is 15.8. The van der Waals surface area contributed by atoms with Crippen LogP contribution in [0.25, 0.3) is 0 Å². The molecule has 0 spiro atoms. The van der Waals surface area contributed by atoms with Gasteiger partial charge in [0.15, 0.2) is 0 Å². The van der Waals surface area contributed by atoms with Gasteiger partial charge in [0.05, 0.1) is 5.56 Å². The summed E-state index contributed by atoms with van der Waals surface area (Å²) in [6.45, 7) is 2.06. The molecule has 1 aliphatic heterocycles. The summed E-state index contributed by atoms with van der Waals surface area (Å²) >= 11 is 0. The molecule has 1 fully saturated rings. The van der Waals surface area contributed by atoms with Crippen LogP contribution in [-0.2, 0) is 9.59 Å². The molecule has 7 heteroatoms. The van der Waals surface area contributed by atoms with Crippen molar-refractivity contribution >= 4 is 17.6 Å². The maximum atomic E-state index is 11.4. The van der Waals surface area contributed by atoms with Crippen LogP contribution in [0.15, 0.2) is 18.3 Å². The van der Waals surface area contributed by atoms with Gasteiger partial charge in [0, 0.05) is 32.9 Å². The third-order valence-electron chi connectivity index (χ3n) is 3.81. The summed E-state index contributed by atoms with van der Waals surface area (Å²) in [6.07, 6.45) is 3.46. The molecule has 0 aliphatic carbocycles. The smallest absolute Gasteiger partial charge is 0.309 e. The first-order valence-corrected chi connectivity index (χ1v) is 7.25. The summed E-state index contributed by atoms with van der Waals surface area (Å²) < 4.78 is 0. The molecule has 7 nitrogen and oxygen atoms in total. The average Bonchev–Trinajstić information content (AvgIpc) is 2.59. The number of piperidine rings is 1. The maximum absolute atomic E-state index is 11.4. The Morgan fingerprint density at radius 1 is 1.41 bits per heavy atom. The Bertz CT molecular complexity index is 588. The van der Waals surface area contributed by atoms with E-state index in [0.717, 1.165) is 31.7 Å². The van der Waals surface area contributed by atoms with Crippen molar-refractivity contribution in [2.75, 3.05) is 31.6 Å². The van der Waals surface area contributed by atoms with Crippen LogP contribution in [-0.4, -0.2) is 43.5 Å². The number of carbonyl (C=O) groups excluding carboxylic acids is 2. The van der Waals surface area contributed by atoms with Crippen molar-refractivity contribution in [2.45, 2.75) is 12.8 Å². The van der Waals surface area contributed by atoms with Crippen LogP contribution in [0.5, 0.6) is 0 Å². The summed E-state index contributed by atoms with van der Waals surface area (Å²) in [5, 5.41) is 14.1. The monoisotopic (exact) mass is 301 g/mol. The Morgan fingerprint density at radius 3 is 2.77 bits per heavy atom. The Hall–Kier alpha value is -2.62. The Morgan fingerprint density at radius 2 is 2.14 bits per heavy atom. The molecule has 2 amide bonds. The van der Waals surface area contributed by atoms with E-state index >= 15 is 0 Å². The highest BCUT2D eigenvalue weighted by Gasteiger charge is 2.23. The normalized spacial score (nSPS) is 15.0. The molecule has 0 radical (unpaired) electrons. The number of nitrogens with one attached hydrogen (secondary N) is 2. The van der Waals surface area contributed by atoms with Gasteiger partial charge in [-0.25, -0.2) is 4.98 Å². The van der Waals surface area contributed by atoms with Gasteiger partial charge in [0.25, 0.3) is 0 Å². The zero-order valence-electron chi connectivity index (χ0n) is 12.5. The van der Waals surface area contributed by atoms with Crippen LogP contribution in [0, 0.1) is 17.2 Å². The summed E-state index contributed by atoms with van der Waals surface area (Å²) in [4.78, 5) is 28.9. The van der Waals surface area contributed by atoms with Crippen molar-refractivity contribution in [3.63, 3.8) is 0 Å². The number of nitrogens with zero attached hydrogens (tertiary/aromatic N) is 3. The van der Waals surface area contributed by atoms with Crippen LogP contribution >= 0.6 is 0 Å². The van der Waals surface area contributed by atoms with Gasteiger partial charge >= 0.3 is 11.8 Å². The number of likely N-dealkylation sites (N-methyl/N-ethyl adjacent to an activating group) is 1. The number of aromatic nitrogens is 1. The molecule has 1 saturated heterocycles. The van der Waals surface area contributed by atoms with Crippen molar-refractivity contribution in [3.8, 4) is 6.07 Å². The van der Waals surface area contributed by atoms with E-state index in [4.69, 9.17) is 5.26 Å². The zero-order valence-corrected chi connectivity index (χ0v) is 12.5. The number of anilines is 1. The maximum Gasteiger partial charge on any atom is 0.309 e. The zero-order chi connectivity index (χ0) is 15.9. The molecule has 1 aliphatic rings. The molecule has 116 valence electrons. The van der Waals surface area contributed by atoms with Crippen molar-refractivity contribution in [2.24, 2.45) is 5.92 Å². The predicted octanol–water partition coefficient (Wildman–Crippen LogP) is 0.0319. The minimum Gasteiger partial charge on any atom is -0.356 e. The fraction of sp³-hybridized carbons (Fsp3) is 0.467. The number of rotatable bonds is 3. The molecule has 1 aromatic rings. The summed E-state index contributed by atoms with van der Waals surface area (Å²) in [5.74, 6) is -0.164. The Kier molecular flexibility index (Phi) is 5.31. The largest absolute Gasteiger partial charge is 0.356 e. The van der Waals surface area contributed by atoms with Gasteiger partial charge in [0.1, 0.15) is 11.9 Å². The molecule has 0 bridgehead atoms. The third kappa shape index (κ3) is 3.73. The molecule has 0 aromatic carbocycles. The van der Waals surface area contributed by atoms with Crippen molar-refractivity contribution < 1.29 is 9.59 Å². The Labute approximate surface area is 129 Å². The van der Waals surface area contributed by atoms with Crippen LogP contribution in [0.3, 0.4) is 0 Å². The molecule has 0 unspecified atom stereocenters. The lowest BCUT2D eigenvalue weighted by Gasteiger charge is -2.33.